The molecule has 1 heterocycles. The Morgan fingerprint density at radius 1 is 1.32 bits per heavy atom. The molecule has 1 spiro atoms. The minimum absolute atomic E-state index is 0.0195. The summed E-state index contributed by atoms with van der Waals surface area (Å²) in [6, 6.07) is 5.25. The van der Waals surface area contributed by atoms with E-state index in [2.05, 4.69) is 19.2 Å². The monoisotopic (exact) mass is 437 g/mol. The Bertz CT molecular complexity index is 830. The maximum Gasteiger partial charge on any atom is 0.387 e. The van der Waals surface area contributed by atoms with Gasteiger partial charge in [-0.15, -0.1) is 0 Å². The maximum absolute atomic E-state index is 12.9. The normalized spacial score (nSPS) is 33.3. The predicted octanol–water partition coefficient (Wildman–Crippen LogP) is 5.10. The SMILES string of the molecule is CCCC(=O)N[C@@H]1C(C)(C)[C@@H]2C[C@@H]3[C@@H](c4ccc(OC)c(OC(F)F)c4)OCCC31C2. The van der Waals surface area contributed by atoms with Gasteiger partial charge in [0.15, 0.2) is 11.5 Å². The van der Waals surface area contributed by atoms with Crippen molar-refractivity contribution in [2.24, 2.45) is 22.7 Å². The van der Waals surface area contributed by atoms with Gasteiger partial charge in [0.05, 0.1) is 13.2 Å². The number of nitrogens with one attached hydrogen (secondary N) is 1. The fourth-order valence-corrected chi connectivity index (χ4v) is 6.64. The Hall–Kier alpha value is -1.89. The Balaban J connectivity index is 1.66. The Morgan fingerprint density at radius 3 is 2.77 bits per heavy atom. The van der Waals surface area contributed by atoms with Crippen molar-refractivity contribution in [3.05, 3.63) is 23.8 Å². The molecule has 3 fully saturated rings. The smallest absolute Gasteiger partial charge is 0.387 e. The highest BCUT2D eigenvalue weighted by atomic mass is 19.3. The average Bonchev–Trinajstić information content (AvgIpc) is 3.20. The van der Waals surface area contributed by atoms with Gasteiger partial charge in [0, 0.05) is 19.1 Å². The molecule has 7 heteroatoms. The first-order valence-corrected chi connectivity index (χ1v) is 11.3. The molecular weight excluding hydrogens is 404 g/mol. The molecule has 1 aromatic carbocycles. The number of fused-ring (bicyclic) bond motifs is 1. The highest BCUT2D eigenvalue weighted by molar-refractivity contribution is 5.76. The molecule has 0 aromatic heterocycles. The molecule has 1 saturated heterocycles. The highest BCUT2D eigenvalue weighted by Gasteiger charge is 2.68. The molecule has 5 atom stereocenters. The van der Waals surface area contributed by atoms with Gasteiger partial charge in [-0.1, -0.05) is 26.8 Å². The molecule has 1 N–H and O–H groups in total. The van der Waals surface area contributed by atoms with Gasteiger partial charge >= 0.3 is 6.61 Å². The summed E-state index contributed by atoms with van der Waals surface area (Å²) in [6.45, 7) is 4.21. The summed E-state index contributed by atoms with van der Waals surface area (Å²) in [4.78, 5) is 12.6. The number of rotatable bonds is 7. The van der Waals surface area contributed by atoms with Crippen LogP contribution in [0.4, 0.5) is 8.78 Å². The molecule has 172 valence electrons. The van der Waals surface area contributed by atoms with Crippen molar-refractivity contribution >= 4 is 5.91 Å². The Morgan fingerprint density at radius 2 is 2.10 bits per heavy atom. The third-order valence-electron chi connectivity index (χ3n) is 8.02. The second-order valence-electron chi connectivity index (χ2n) is 9.88. The van der Waals surface area contributed by atoms with E-state index in [1.165, 1.54) is 7.11 Å². The number of methoxy groups -OCH3 is 1. The lowest BCUT2D eigenvalue weighted by atomic mass is 9.59. The van der Waals surface area contributed by atoms with Gasteiger partial charge in [0.1, 0.15) is 0 Å². The molecule has 1 aromatic rings. The first-order valence-electron chi connectivity index (χ1n) is 11.3. The number of amides is 1. The van der Waals surface area contributed by atoms with Crippen LogP contribution in [0.5, 0.6) is 11.5 Å². The lowest BCUT2D eigenvalue weighted by molar-refractivity contribution is -0.137. The van der Waals surface area contributed by atoms with Gasteiger partial charge in [-0.2, -0.15) is 8.78 Å². The van der Waals surface area contributed by atoms with Crippen LogP contribution < -0.4 is 14.8 Å². The first-order chi connectivity index (χ1) is 14.7. The van der Waals surface area contributed by atoms with E-state index in [0.29, 0.717) is 18.9 Å². The molecule has 3 aliphatic rings. The van der Waals surface area contributed by atoms with Crippen LogP contribution in [0.15, 0.2) is 18.2 Å². The molecule has 31 heavy (non-hydrogen) atoms. The zero-order valence-electron chi connectivity index (χ0n) is 18.8. The number of carbonyl (C=O) groups is 1. The van der Waals surface area contributed by atoms with Crippen LogP contribution in [0.25, 0.3) is 0 Å². The molecule has 2 bridgehead atoms. The van der Waals surface area contributed by atoms with E-state index in [1.807, 2.05) is 13.0 Å². The minimum atomic E-state index is -2.93. The van der Waals surface area contributed by atoms with Crippen molar-refractivity contribution in [3.8, 4) is 11.5 Å². The van der Waals surface area contributed by atoms with Crippen molar-refractivity contribution in [2.75, 3.05) is 13.7 Å². The van der Waals surface area contributed by atoms with E-state index < -0.39 is 6.61 Å². The summed E-state index contributed by atoms with van der Waals surface area (Å²) >= 11 is 0. The molecule has 1 amide bonds. The third kappa shape index (κ3) is 3.69. The largest absolute Gasteiger partial charge is 0.493 e. The number of alkyl halides is 2. The van der Waals surface area contributed by atoms with Crippen molar-refractivity contribution in [3.63, 3.8) is 0 Å². The van der Waals surface area contributed by atoms with Gasteiger partial charge in [-0.25, -0.2) is 0 Å². The number of hydrogen-bond acceptors (Lipinski definition) is 4. The number of hydrogen-bond donors (Lipinski definition) is 1. The molecular formula is C24H33F2NO4. The number of ether oxygens (including phenoxy) is 3. The lowest BCUT2D eigenvalue weighted by Crippen LogP contribution is -2.58. The van der Waals surface area contributed by atoms with Crippen LogP contribution in [0, 0.1) is 22.7 Å². The number of benzene rings is 1. The second-order valence-corrected chi connectivity index (χ2v) is 9.88. The second kappa shape index (κ2) is 8.23. The molecule has 2 aliphatic carbocycles. The van der Waals surface area contributed by atoms with E-state index >= 15 is 0 Å². The van der Waals surface area contributed by atoms with E-state index in [4.69, 9.17) is 14.2 Å². The van der Waals surface area contributed by atoms with Crippen LogP contribution in [0.2, 0.25) is 0 Å². The van der Waals surface area contributed by atoms with Gasteiger partial charge in [0.25, 0.3) is 0 Å². The average molecular weight is 438 g/mol. The van der Waals surface area contributed by atoms with Gasteiger partial charge in [-0.05, 0) is 66.0 Å². The van der Waals surface area contributed by atoms with E-state index in [0.717, 1.165) is 31.2 Å². The van der Waals surface area contributed by atoms with Crippen LogP contribution in [-0.4, -0.2) is 32.3 Å². The van der Waals surface area contributed by atoms with Crippen molar-refractivity contribution < 1.29 is 27.8 Å². The summed E-state index contributed by atoms with van der Waals surface area (Å²) in [5, 5.41) is 3.38. The summed E-state index contributed by atoms with van der Waals surface area (Å²) in [7, 11) is 1.43. The van der Waals surface area contributed by atoms with Gasteiger partial charge in [-0.3, -0.25) is 4.79 Å². The zero-order valence-corrected chi connectivity index (χ0v) is 18.8. The summed E-state index contributed by atoms with van der Waals surface area (Å²) in [6.07, 6.45) is 4.12. The molecule has 1 aliphatic heterocycles. The molecule has 2 saturated carbocycles. The summed E-state index contributed by atoms with van der Waals surface area (Å²) < 4.78 is 42.0. The maximum atomic E-state index is 12.9. The van der Waals surface area contributed by atoms with Crippen molar-refractivity contribution in [1.82, 2.24) is 5.32 Å². The number of carbonyl (C=O) groups excluding carboxylic acids is 1. The summed E-state index contributed by atoms with van der Waals surface area (Å²) in [5.41, 5.74) is 0.806. The lowest BCUT2D eigenvalue weighted by Gasteiger charge is -2.53. The van der Waals surface area contributed by atoms with Gasteiger partial charge in [0.2, 0.25) is 5.91 Å². The van der Waals surface area contributed by atoms with Crippen LogP contribution in [0.1, 0.15) is 64.5 Å². The standard InChI is InChI=1S/C24H33F2NO4/c1-5-6-19(28)27-21-23(2,3)15-12-16-20(30-10-9-24(16,21)13-15)14-7-8-17(29-4)18(11-14)31-22(25)26/h7-8,11,15-16,20-22H,5-6,9-10,12-13H2,1-4H3,(H,27,28)/t15-,16-,20-,21-,24?/m1/s1. The van der Waals surface area contributed by atoms with E-state index in [9.17, 15) is 13.6 Å². The molecule has 5 nitrogen and oxygen atoms in total. The van der Waals surface area contributed by atoms with E-state index in [-0.39, 0.29) is 46.3 Å². The first kappa shape index (κ1) is 22.3. The minimum Gasteiger partial charge on any atom is -0.493 e. The van der Waals surface area contributed by atoms with Crippen LogP contribution >= 0.6 is 0 Å². The number of halogens is 2. The Labute approximate surface area is 182 Å². The van der Waals surface area contributed by atoms with E-state index in [1.54, 1.807) is 12.1 Å². The van der Waals surface area contributed by atoms with Crippen LogP contribution in [0.3, 0.4) is 0 Å². The third-order valence-corrected chi connectivity index (χ3v) is 8.02. The topological polar surface area (TPSA) is 56.8 Å². The van der Waals surface area contributed by atoms with Crippen molar-refractivity contribution in [1.29, 1.82) is 0 Å². The molecule has 0 radical (unpaired) electrons. The Kier molecular flexibility index (Phi) is 5.92. The van der Waals surface area contributed by atoms with Gasteiger partial charge < -0.3 is 19.5 Å². The molecule has 1 unspecified atom stereocenters. The van der Waals surface area contributed by atoms with Crippen LogP contribution in [-0.2, 0) is 9.53 Å². The summed E-state index contributed by atoms with van der Waals surface area (Å²) in [5.74, 6) is 1.12. The fourth-order valence-electron chi connectivity index (χ4n) is 6.64. The predicted molar refractivity (Wildman–Crippen MR) is 112 cm³/mol. The van der Waals surface area contributed by atoms with Crippen molar-refractivity contribution in [2.45, 2.75) is 71.6 Å². The quantitative estimate of drug-likeness (QED) is 0.645. The highest BCUT2D eigenvalue weighted by Crippen LogP contribution is 2.70. The molecule has 4 rings (SSSR count). The zero-order chi connectivity index (χ0) is 22.4. The fraction of sp³-hybridized carbons (Fsp3) is 0.708.